The summed E-state index contributed by atoms with van der Waals surface area (Å²) in [6.07, 6.45) is 0. The normalized spacial score (nSPS) is 12.7. The average Bonchev–Trinajstić information content (AvgIpc) is 2.77. The summed E-state index contributed by atoms with van der Waals surface area (Å²) >= 11 is 12.4. The Hall–Kier alpha value is -2.59. The van der Waals surface area contributed by atoms with Crippen molar-refractivity contribution >= 4 is 46.7 Å². The zero-order chi connectivity index (χ0) is 21.9. The van der Waals surface area contributed by atoms with Crippen LogP contribution in [0.15, 0.2) is 66.7 Å². The first kappa shape index (κ1) is 22.1. The second-order valence-electron chi connectivity index (χ2n) is 6.22. The van der Waals surface area contributed by atoms with Crippen molar-refractivity contribution in [3.05, 3.63) is 87.9 Å². The molecule has 0 N–H and O–H groups in total. The van der Waals surface area contributed by atoms with Crippen molar-refractivity contribution in [1.82, 2.24) is 0 Å². The number of carbonyl (C=O) groups excluding carboxylic acids is 2. The Balaban J connectivity index is 2.26. The van der Waals surface area contributed by atoms with Crippen LogP contribution in [0.5, 0.6) is 11.5 Å². The minimum atomic E-state index is -4.38. The van der Waals surface area contributed by atoms with Crippen LogP contribution >= 0.6 is 30.3 Å². The predicted molar refractivity (Wildman–Crippen MR) is 118 cm³/mol. The summed E-state index contributed by atoms with van der Waals surface area (Å²) in [6.45, 7) is 0. The average molecular weight is 463 g/mol. The Morgan fingerprint density at radius 1 is 0.800 bits per heavy atom. The van der Waals surface area contributed by atoms with Gasteiger partial charge >= 0.3 is 0 Å². The topological polar surface area (TPSA) is 69.7 Å². The third-order valence-electron chi connectivity index (χ3n) is 4.51. The fourth-order valence-electron chi connectivity index (χ4n) is 2.97. The molecular weight excluding hydrogens is 446 g/mol. The van der Waals surface area contributed by atoms with Gasteiger partial charge in [0.2, 0.25) is 18.2 Å². The van der Waals surface area contributed by atoms with E-state index in [-0.39, 0.29) is 32.2 Å². The van der Waals surface area contributed by atoms with Gasteiger partial charge in [-0.3, -0.25) is 9.59 Å². The maximum absolute atomic E-state index is 14.2. The first-order valence-electron chi connectivity index (χ1n) is 8.76. The molecule has 1 unspecified atom stereocenters. The molecule has 0 aliphatic rings. The lowest BCUT2D eigenvalue weighted by Crippen LogP contribution is -2.21. The summed E-state index contributed by atoms with van der Waals surface area (Å²) in [6, 6.07) is 16.7. The number of carbonyl (C=O) groups is 2. The van der Waals surface area contributed by atoms with Crippen LogP contribution < -0.4 is 14.8 Å². The molecule has 0 radical (unpaired) electrons. The van der Waals surface area contributed by atoms with Gasteiger partial charge in [0.05, 0.1) is 35.4 Å². The van der Waals surface area contributed by atoms with Gasteiger partial charge in [-0.25, -0.2) is 0 Å². The van der Waals surface area contributed by atoms with E-state index >= 15 is 0 Å². The Bertz CT molecular complexity index is 1140. The molecule has 0 saturated heterocycles. The number of methoxy groups -OCH3 is 2. The number of benzene rings is 3. The molecule has 1 atom stereocenters. The zero-order valence-electron chi connectivity index (χ0n) is 16.1. The lowest BCUT2D eigenvalue weighted by atomic mass is 10.2. The third kappa shape index (κ3) is 3.89. The van der Waals surface area contributed by atoms with E-state index in [4.69, 9.17) is 32.7 Å². The second-order valence-corrected chi connectivity index (χ2v) is 9.58. The van der Waals surface area contributed by atoms with Crippen LogP contribution in [0.3, 0.4) is 0 Å². The molecule has 154 valence electrons. The predicted octanol–water partition coefficient (Wildman–Crippen LogP) is 5.68. The van der Waals surface area contributed by atoms with Gasteiger partial charge in [-0.2, -0.15) is 0 Å². The fraction of sp³-hybridized carbons (Fsp3) is 0.0909. The largest absolute Gasteiger partial charge is 0.497 e. The molecule has 3 aromatic carbocycles. The second kappa shape index (κ2) is 9.05. The highest BCUT2D eigenvalue weighted by atomic mass is 35.5. The molecule has 0 bridgehead atoms. The quantitative estimate of drug-likeness (QED) is 0.422. The summed E-state index contributed by atoms with van der Waals surface area (Å²) < 4.78 is 24.7. The van der Waals surface area contributed by atoms with Gasteiger partial charge in [-0.05, 0) is 24.3 Å². The molecule has 0 aliphatic heterocycles. The Morgan fingerprint density at radius 2 is 1.43 bits per heavy atom. The van der Waals surface area contributed by atoms with Crippen molar-refractivity contribution in [2.75, 3.05) is 14.2 Å². The van der Waals surface area contributed by atoms with Crippen molar-refractivity contribution < 1.29 is 23.6 Å². The molecule has 3 rings (SSSR count). The molecule has 0 spiro atoms. The molecule has 8 heteroatoms. The molecule has 0 fully saturated rings. The molecule has 0 amide bonds. The summed E-state index contributed by atoms with van der Waals surface area (Å²) in [5.74, 6) is 0.576. The highest BCUT2D eigenvalue weighted by molar-refractivity contribution is 8.01. The van der Waals surface area contributed by atoms with E-state index in [1.54, 1.807) is 24.3 Å². The van der Waals surface area contributed by atoms with Gasteiger partial charge in [-0.15, -0.1) is 0 Å². The van der Waals surface area contributed by atoms with Crippen LogP contribution in [-0.4, -0.2) is 25.3 Å². The Morgan fingerprint density at radius 3 is 2.00 bits per heavy atom. The van der Waals surface area contributed by atoms with Crippen molar-refractivity contribution in [3.8, 4) is 11.5 Å². The molecule has 5 nitrogen and oxygen atoms in total. The van der Waals surface area contributed by atoms with E-state index in [1.807, 2.05) is 0 Å². The number of rotatable bonds is 7. The lowest BCUT2D eigenvalue weighted by Gasteiger charge is -2.19. The van der Waals surface area contributed by atoms with E-state index in [0.717, 1.165) is 0 Å². The minimum Gasteiger partial charge on any atom is -0.497 e. The first-order chi connectivity index (χ1) is 14.3. The van der Waals surface area contributed by atoms with Gasteiger partial charge in [0.25, 0.3) is 0 Å². The van der Waals surface area contributed by atoms with E-state index in [0.29, 0.717) is 5.75 Å². The summed E-state index contributed by atoms with van der Waals surface area (Å²) in [7, 11) is -1.55. The lowest BCUT2D eigenvalue weighted by molar-refractivity contribution is 0.104. The highest BCUT2D eigenvalue weighted by Crippen LogP contribution is 2.53. The molecule has 3 aromatic rings. The van der Waals surface area contributed by atoms with Gasteiger partial charge in [0, 0.05) is 11.4 Å². The molecule has 30 heavy (non-hydrogen) atoms. The van der Waals surface area contributed by atoms with E-state index in [9.17, 15) is 14.2 Å². The van der Waals surface area contributed by atoms with Crippen molar-refractivity contribution in [1.29, 1.82) is 0 Å². The fourth-order valence-corrected chi connectivity index (χ4v) is 6.00. The van der Waals surface area contributed by atoms with Crippen molar-refractivity contribution in [2.24, 2.45) is 0 Å². The third-order valence-corrected chi connectivity index (χ3v) is 7.77. The van der Waals surface area contributed by atoms with Gasteiger partial charge in [0.15, 0.2) is 0 Å². The first-order valence-corrected chi connectivity index (χ1v) is 11.2. The maximum atomic E-state index is 14.2. The summed E-state index contributed by atoms with van der Waals surface area (Å²) in [5, 5.41) is 0.102. The molecule has 0 aliphatic carbocycles. The summed E-state index contributed by atoms with van der Waals surface area (Å²) in [5.41, 5.74) is -1.99. The minimum absolute atomic E-state index is 0.0120. The summed E-state index contributed by atoms with van der Waals surface area (Å²) in [4.78, 5) is 27.1. The zero-order valence-corrected chi connectivity index (χ0v) is 18.5. The number of hydrogen-bond acceptors (Lipinski definition) is 5. The molecule has 0 saturated carbocycles. The van der Waals surface area contributed by atoms with E-state index in [2.05, 4.69) is 0 Å². The van der Waals surface area contributed by atoms with Crippen molar-refractivity contribution in [2.45, 2.75) is 0 Å². The highest BCUT2D eigenvalue weighted by Gasteiger charge is 2.45. The number of ether oxygens (including phenoxy) is 2. The monoisotopic (exact) mass is 462 g/mol. The van der Waals surface area contributed by atoms with Crippen LogP contribution in [0.1, 0.15) is 20.7 Å². The maximum Gasteiger partial charge on any atom is 0.248 e. The molecule has 0 aromatic heterocycles. The Labute approximate surface area is 183 Å². The smallest absolute Gasteiger partial charge is 0.248 e. The van der Waals surface area contributed by atoms with Crippen LogP contribution in [0.25, 0.3) is 0 Å². The van der Waals surface area contributed by atoms with Crippen molar-refractivity contribution in [3.63, 3.8) is 0 Å². The van der Waals surface area contributed by atoms with Gasteiger partial charge in [0.1, 0.15) is 11.5 Å². The van der Waals surface area contributed by atoms with E-state index < -0.39 is 18.2 Å². The van der Waals surface area contributed by atoms with Gasteiger partial charge < -0.3 is 14.0 Å². The van der Waals surface area contributed by atoms with Crippen LogP contribution in [0.2, 0.25) is 10.0 Å². The van der Waals surface area contributed by atoms with E-state index in [1.165, 1.54) is 56.7 Å². The number of hydrogen-bond donors (Lipinski definition) is 0. The molecular formula is C22H17Cl2O5P. The van der Waals surface area contributed by atoms with Gasteiger partial charge in [-0.1, -0.05) is 59.6 Å². The SMILES string of the molecule is COc1ccc(C(=O)P(=O)(C(=O)c2c(Cl)cccc2Cl)c2ccccc2)c(OC)c1. The standard InChI is InChI=1S/C22H17Cl2O5P/c1-28-14-11-12-16(19(13-14)29-2)21(25)30(27,15-7-4-3-5-8-15)22(26)20-17(23)9-6-10-18(20)24/h3-13H,1-2H3. The van der Waals surface area contributed by atoms with Crippen LogP contribution in [0, 0.1) is 0 Å². The van der Waals surface area contributed by atoms with Crippen LogP contribution in [-0.2, 0) is 4.57 Å². The number of halogens is 2. The van der Waals surface area contributed by atoms with Crippen LogP contribution in [0.4, 0.5) is 0 Å². The molecule has 0 heterocycles. The Kier molecular flexibility index (Phi) is 6.67.